The van der Waals surface area contributed by atoms with Crippen LogP contribution in [0.5, 0.6) is 28.7 Å². The average molecular weight is 561 g/mol. The molecule has 0 bridgehead atoms. The van der Waals surface area contributed by atoms with Crippen LogP contribution in [-0.4, -0.2) is 53.8 Å². The number of fused-ring (bicyclic) bond motifs is 2. The van der Waals surface area contributed by atoms with Crippen LogP contribution in [0.4, 0.5) is 5.13 Å². The van der Waals surface area contributed by atoms with Crippen LogP contribution in [0.15, 0.2) is 60.2 Å². The summed E-state index contributed by atoms with van der Waals surface area (Å²) in [6.07, 6.45) is 0. The molecule has 0 unspecified atom stereocenters. The van der Waals surface area contributed by atoms with Crippen molar-refractivity contribution in [1.29, 1.82) is 0 Å². The number of phenols is 1. The van der Waals surface area contributed by atoms with E-state index >= 15 is 0 Å². The molecular formula is C29H24N2O8S. The third-order valence-corrected chi connectivity index (χ3v) is 7.66. The SMILES string of the molecule is CCOc1ccc2nc(N3C(=O)C(=O)C(=C(O)c4ccc5c(c4)OCCO5)[C@@H]3c3ccc(O)c(OC)c3)sc2c1. The molecule has 0 aliphatic carbocycles. The molecule has 1 atom stereocenters. The van der Waals surface area contributed by atoms with Crippen LogP contribution in [0.25, 0.3) is 16.0 Å². The van der Waals surface area contributed by atoms with Gasteiger partial charge in [-0.1, -0.05) is 17.4 Å². The van der Waals surface area contributed by atoms with Crippen LogP contribution >= 0.6 is 11.3 Å². The van der Waals surface area contributed by atoms with Crippen molar-refractivity contribution in [1.82, 2.24) is 4.98 Å². The first-order valence-corrected chi connectivity index (χ1v) is 13.3. The molecule has 204 valence electrons. The van der Waals surface area contributed by atoms with Gasteiger partial charge in [0.25, 0.3) is 5.78 Å². The van der Waals surface area contributed by atoms with Crippen LogP contribution in [-0.2, 0) is 9.59 Å². The second-order valence-electron chi connectivity index (χ2n) is 9.02. The maximum absolute atomic E-state index is 13.6. The molecule has 1 aromatic heterocycles. The number of Topliss-reactive ketones (excluding diaryl/α,β-unsaturated/α-hetero) is 1. The number of aromatic hydroxyl groups is 1. The monoisotopic (exact) mass is 560 g/mol. The lowest BCUT2D eigenvalue weighted by atomic mass is 9.95. The summed E-state index contributed by atoms with van der Waals surface area (Å²) in [5, 5.41) is 22.0. The third-order valence-electron chi connectivity index (χ3n) is 6.65. The molecule has 0 radical (unpaired) electrons. The highest BCUT2D eigenvalue weighted by Crippen LogP contribution is 2.46. The van der Waals surface area contributed by atoms with E-state index in [1.807, 2.05) is 13.0 Å². The first kappa shape index (κ1) is 25.5. The fraction of sp³-hybridized carbons (Fsp3) is 0.207. The van der Waals surface area contributed by atoms with Gasteiger partial charge in [0.1, 0.15) is 24.7 Å². The molecule has 40 heavy (non-hydrogen) atoms. The Labute approximate surface area is 232 Å². The van der Waals surface area contributed by atoms with Gasteiger partial charge in [-0.25, -0.2) is 4.98 Å². The largest absolute Gasteiger partial charge is 0.507 e. The number of ether oxygens (including phenoxy) is 4. The third kappa shape index (κ3) is 4.24. The van der Waals surface area contributed by atoms with Gasteiger partial charge in [0.2, 0.25) is 0 Å². The Kier molecular flexibility index (Phi) is 6.43. The smallest absolute Gasteiger partial charge is 0.301 e. The molecule has 2 N–H and O–H groups in total. The Morgan fingerprint density at radius 3 is 2.65 bits per heavy atom. The number of methoxy groups -OCH3 is 1. The van der Waals surface area contributed by atoms with E-state index in [0.29, 0.717) is 48.1 Å². The van der Waals surface area contributed by atoms with Crippen molar-refractivity contribution in [3.8, 4) is 28.7 Å². The number of nitrogens with zero attached hydrogens (tertiary/aromatic N) is 2. The maximum Gasteiger partial charge on any atom is 0.301 e. The summed E-state index contributed by atoms with van der Waals surface area (Å²) >= 11 is 1.22. The Bertz CT molecular complexity index is 1690. The van der Waals surface area contributed by atoms with Crippen LogP contribution < -0.4 is 23.8 Å². The van der Waals surface area contributed by atoms with Gasteiger partial charge in [0.05, 0.1) is 35.5 Å². The minimum Gasteiger partial charge on any atom is -0.507 e. The van der Waals surface area contributed by atoms with E-state index in [9.17, 15) is 19.8 Å². The minimum absolute atomic E-state index is 0.113. The molecule has 11 heteroatoms. The second-order valence-corrected chi connectivity index (χ2v) is 10.0. The Morgan fingerprint density at radius 2 is 1.88 bits per heavy atom. The Balaban J connectivity index is 1.53. The summed E-state index contributed by atoms with van der Waals surface area (Å²) in [4.78, 5) is 33.0. The summed E-state index contributed by atoms with van der Waals surface area (Å²) in [5.41, 5.74) is 1.20. The Hall–Kier alpha value is -4.77. The van der Waals surface area contributed by atoms with Crippen molar-refractivity contribution < 1.29 is 38.7 Å². The standard InChI is InChI=1S/C29H24N2O8S/c1-3-37-17-6-7-18-23(14-17)40-29(30-18)31-25(15-4-8-19(32)21(12-15)36-2)24(27(34)28(31)35)26(33)16-5-9-20-22(13-16)39-11-10-38-20/h4-9,12-14,25,32-33H,3,10-11H2,1-2H3/t25-/m0/s1. The molecule has 3 heterocycles. The number of carbonyl (C=O) groups is 2. The number of amides is 1. The number of aliphatic hydroxyl groups is 1. The topological polar surface area (TPSA) is 128 Å². The fourth-order valence-corrected chi connectivity index (χ4v) is 5.83. The fourth-order valence-electron chi connectivity index (χ4n) is 4.81. The zero-order valence-corrected chi connectivity index (χ0v) is 22.4. The lowest BCUT2D eigenvalue weighted by Crippen LogP contribution is -2.29. The quantitative estimate of drug-likeness (QED) is 0.194. The summed E-state index contributed by atoms with van der Waals surface area (Å²) in [5.74, 6) is -0.474. The molecule has 0 saturated carbocycles. The molecule has 0 spiro atoms. The summed E-state index contributed by atoms with van der Waals surface area (Å²) in [6.45, 7) is 3.13. The van der Waals surface area contributed by atoms with Gasteiger partial charge in [-0.05, 0) is 61.0 Å². The minimum atomic E-state index is -1.06. The number of anilines is 1. The van der Waals surface area contributed by atoms with Crippen LogP contribution in [0.1, 0.15) is 24.1 Å². The highest BCUT2D eigenvalue weighted by Gasteiger charge is 2.48. The van der Waals surface area contributed by atoms with Gasteiger partial charge in [0.15, 0.2) is 28.1 Å². The predicted molar refractivity (Wildman–Crippen MR) is 148 cm³/mol. The summed E-state index contributed by atoms with van der Waals surface area (Å²) in [6, 6.07) is 13.6. The lowest BCUT2D eigenvalue weighted by Gasteiger charge is -2.24. The number of hydrogen-bond acceptors (Lipinski definition) is 10. The molecule has 2 aliphatic rings. The predicted octanol–water partition coefficient (Wildman–Crippen LogP) is 4.81. The molecule has 1 fully saturated rings. The molecule has 2 aliphatic heterocycles. The number of benzene rings is 3. The summed E-state index contributed by atoms with van der Waals surface area (Å²) in [7, 11) is 1.40. The van der Waals surface area contributed by atoms with Gasteiger partial charge < -0.3 is 29.2 Å². The van der Waals surface area contributed by atoms with E-state index in [1.165, 1.54) is 35.5 Å². The van der Waals surface area contributed by atoms with Gasteiger partial charge in [0, 0.05) is 5.56 Å². The summed E-state index contributed by atoms with van der Waals surface area (Å²) < 4.78 is 22.9. The number of carbonyl (C=O) groups excluding carboxylic acids is 2. The van der Waals surface area contributed by atoms with Crippen molar-refractivity contribution in [3.63, 3.8) is 0 Å². The van der Waals surface area contributed by atoms with Crippen molar-refractivity contribution in [2.75, 3.05) is 31.8 Å². The van der Waals surface area contributed by atoms with Crippen molar-refractivity contribution in [2.24, 2.45) is 0 Å². The second kappa shape index (κ2) is 10.1. The molecule has 6 rings (SSSR count). The average Bonchev–Trinajstić information content (AvgIpc) is 3.50. The zero-order valence-electron chi connectivity index (χ0n) is 21.5. The van der Waals surface area contributed by atoms with E-state index in [-0.39, 0.29) is 33.5 Å². The number of ketones is 1. The van der Waals surface area contributed by atoms with E-state index in [2.05, 4.69) is 4.98 Å². The number of thiazole rings is 1. The highest BCUT2D eigenvalue weighted by atomic mass is 32.1. The molecular weight excluding hydrogens is 536 g/mol. The van der Waals surface area contributed by atoms with Gasteiger partial charge >= 0.3 is 5.91 Å². The van der Waals surface area contributed by atoms with Crippen LogP contribution in [0, 0.1) is 0 Å². The first-order valence-electron chi connectivity index (χ1n) is 12.5. The van der Waals surface area contributed by atoms with Crippen molar-refractivity contribution >= 4 is 44.1 Å². The van der Waals surface area contributed by atoms with E-state index in [1.54, 1.807) is 36.4 Å². The number of phenolic OH excluding ortho intramolecular Hbond substituents is 1. The molecule has 4 aromatic rings. The number of aliphatic hydroxyl groups excluding tert-OH is 1. The maximum atomic E-state index is 13.6. The molecule has 10 nitrogen and oxygen atoms in total. The van der Waals surface area contributed by atoms with Gasteiger partial charge in [-0.15, -0.1) is 0 Å². The molecule has 3 aromatic carbocycles. The number of hydrogen-bond donors (Lipinski definition) is 2. The first-order chi connectivity index (χ1) is 19.4. The van der Waals surface area contributed by atoms with E-state index in [4.69, 9.17) is 18.9 Å². The van der Waals surface area contributed by atoms with Crippen molar-refractivity contribution in [2.45, 2.75) is 13.0 Å². The normalized spacial score (nSPS) is 17.9. The van der Waals surface area contributed by atoms with E-state index < -0.39 is 17.7 Å². The van der Waals surface area contributed by atoms with Crippen molar-refractivity contribution in [3.05, 3.63) is 71.3 Å². The zero-order chi connectivity index (χ0) is 28.0. The number of rotatable bonds is 6. The van der Waals surface area contributed by atoms with Gasteiger partial charge in [-0.2, -0.15) is 0 Å². The van der Waals surface area contributed by atoms with Crippen LogP contribution in [0.3, 0.4) is 0 Å². The number of aromatic nitrogens is 1. The highest BCUT2D eigenvalue weighted by molar-refractivity contribution is 7.22. The van der Waals surface area contributed by atoms with E-state index in [0.717, 1.165) is 4.70 Å². The Morgan fingerprint density at radius 1 is 1.07 bits per heavy atom. The van der Waals surface area contributed by atoms with Gasteiger partial charge in [-0.3, -0.25) is 14.5 Å². The molecule has 1 amide bonds. The van der Waals surface area contributed by atoms with Crippen LogP contribution in [0.2, 0.25) is 0 Å². The molecule has 1 saturated heterocycles. The lowest BCUT2D eigenvalue weighted by molar-refractivity contribution is -0.132.